The van der Waals surface area contributed by atoms with Gasteiger partial charge < -0.3 is 4.90 Å². The first-order chi connectivity index (χ1) is 8.63. The normalized spacial score (nSPS) is 15.9. The van der Waals surface area contributed by atoms with Gasteiger partial charge in [-0.2, -0.15) is 4.98 Å². The number of anilines is 1. The number of thiophene rings is 1. The highest BCUT2D eigenvalue weighted by molar-refractivity contribution is 7.18. The fourth-order valence-corrected chi connectivity index (χ4v) is 3.53. The topological polar surface area (TPSA) is 29.0 Å². The summed E-state index contributed by atoms with van der Waals surface area (Å²) in [5.74, 6) is 1.79. The Bertz CT molecular complexity index is 577. The lowest BCUT2D eigenvalue weighted by Gasteiger charge is -2.30. The van der Waals surface area contributed by atoms with Crippen LogP contribution in [0.5, 0.6) is 0 Å². The molecule has 5 heteroatoms. The molecule has 0 aromatic carbocycles. The van der Waals surface area contributed by atoms with E-state index in [4.69, 9.17) is 11.6 Å². The zero-order chi connectivity index (χ0) is 12.7. The minimum atomic E-state index is 0.347. The Kier molecular flexibility index (Phi) is 3.16. The van der Waals surface area contributed by atoms with E-state index in [9.17, 15) is 0 Å². The van der Waals surface area contributed by atoms with Crippen molar-refractivity contribution in [2.45, 2.75) is 26.2 Å². The number of halogens is 1. The van der Waals surface area contributed by atoms with Crippen molar-refractivity contribution in [2.75, 3.05) is 18.5 Å². The maximum atomic E-state index is 6.02. The molecule has 0 amide bonds. The summed E-state index contributed by atoms with van der Waals surface area (Å²) in [7, 11) is 2.10. The van der Waals surface area contributed by atoms with Crippen LogP contribution in [0.25, 0.3) is 10.2 Å². The standard InChI is InChI=1S/C13H16ClN3S/c1-8-6-10-11(15-13(14)16-12(10)18-8)17(2)7-9-4-3-5-9/h6,9H,3-5,7H2,1-2H3. The van der Waals surface area contributed by atoms with Crippen LogP contribution in [0, 0.1) is 12.8 Å². The number of fused-ring (bicyclic) bond motifs is 1. The minimum absolute atomic E-state index is 0.347. The molecular weight excluding hydrogens is 266 g/mol. The largest absolute Gasteiger partial charge is 0.359 e. The van der Waals surface area contributed by atoms with Gasteiger partial charge in [0.15, 0.2) is 0 Å². The first-order valence-electron chi connectivity index (χ1n) is 6.28. The third-order valence-electron chi connectivity index (χ3n) is 3.59. The second kappa shape index (κ2) is 4.67. The van der Waals surface area contributed by atoms with Crippen LogP contribution < -0.4 is 4.90 Å². The molecular formula is C13H16ClN3S. The van der Waals surface area contributed by atoms with Gasteiger partial charge in [-0.25, -0.2) is 4.98 Å². The third-order valence-corrected chi connectivity index (χ3v) is 4.70. The molecule has 0 radical (unpaired) electrons. The van der Waals surface area contributed by atoms with E-state index in [-0.39, 0.29) is 0 Å². The highest BCUT2D eigenvalue weighted by Gasteiger charge is 2.21. The maximum absolute atomic E-state index is 6.02. The summed E-state index contributed by atoms with van der Waals surface area (Å²) in [5.41, 5.74) is 0. The van der Waals surface area contributed by atoms with Crippen LogP contribution in [-0.2, 0) is 0 Å². The van der Waals surface area contributed by atoms with Crippen molar-refractivity contribution >= 4 is 39.0 Å². The fourth-order valence-electron chi connectivity index (χ4n) is 2.44. The first kappa shape index (κ1) is 12.2. The van der Waals surface area contributed by atoms with Gasteiger partial charge in [-0.15, -0.1) is 11.3 Å². The molecule has 1 saturated carbocycles. The number of aryl methyl sites for hydroxylation is 1. The van der Waals surface area contributed by atoms with Crippen LogP contribution >= 0.6 is 22.9 Å². The zero-order valence-corrected chi connectivity index (χ0v) is 12.2. The number of hydrogen-bond donors (Lipinski definition) is 0. The number of aromatic nitrogens is 2. The third kappa shape index (κ3) is 2.19. The predicted octanol–water partition coefficient (Wildman–Crippen LogP) is 3.89. The van der Waals surface area contributed by atoms with Crippen molar-refractivity contribution in [3.05, 3.63) is 16.2 Å². The van der Waals surface area contributed by atoms with Crippen molar-refractivity contribution in [2.24, 2.45) is 5.92 Å². The summed E-state index contributed by atoms with van der Waals surface area (Å²) in [4.78, 5) is 13.2. The van der Waals surface area contributed by atoms with Crippen LogP contribution in [0.1, 0.15) is 24.1 Å². The summed E-state index contributed by atoms with van der Waals surface area (Å²) < 4.78 is 0. The smallest absolute Gasteiger partial charge is 0.225 e. The van der Waals surface area contributed by atoms with E-state index in [0.29, 0.717) is 5.28 Å². The Balaban J connectivity index is 1.97. The molecule has 18 heavy (non-hydrogen) atoms. The van der Waals surface area contributed by atoms with Gasteiger partial charge in [0.1, 0.15) is 10.6 Å². The molecule has 0 bridgehead atoms. The van der Waals surface area contributed by atoms with E-state index in [0.717, 1.165) is 28.5 Å². The Labute approximate surface area is 116 Å². The molecule has 0 aliphatic heterocycles. The van der Waals surface area contributed by atoms with Crippen molar-refractivity contribution in [3.63, 3.8) is 0 Å². The van der Waals surface area contributed by atoms with E-state index < -0.39 is 0 Å². The van der Waals surface area contributed by atoms with E-state index in [1.165, 1.54) is 24.1 Å². The molecule has 2 aromatic rings. The van der Waals surface area contributed by atoms with Gasteiger partial charge >= 0.3 is 0 Å². The minimum Gasteiger partial charge on any atom is -0.359 e. The second-order valence-corrected chi connectivity index (χ2v) is 6.64. The average Bonchev–Trinajstić information content (AvgIpc) is 2.62. The lowest BCUT2D eigenvalue weighted by atomic mass is 9.85. The first-order valence-corrected chi connectivity index (χ1v) is 7.48. The molecule has 0 atom stereocenters. The SMILES string of the molecule is Cc1cc2c(N(C)CC3CCC3)nc(Cl)nc2s1. The van der Waals surface area contributed by atoms with Crippen LogP contribution in [0.4, 0.5) is 5.82 Å². The van der Waals surface area contributed by atoms with Crippen LogP contribution in [0.3, 0.4) is 0 Å². The summed E-state index contributed by atoms with van der Waals surface area (Å²) in [6.07, 6.45) is 4.06. The molecule has 0 saturated heterocycles. The molecule has 1 aliphatic rings. The molecule has 1 aliphatic carbocycles. The Hall–Kier alpha value is -0.870. The van der Waals surface area contributed by atoms with Gasteiger partial charge in [0, 0.05) is 18.5 Å². The van der Waals surface area contributed by atoms with Gasteiger partial charge in [0.05, 0.1) is 5.39 Å². The van der Waals surface area contributed by atoms with Crippen molar-refractivity contribution in [3.8, 4) is 0 Å². The van der Waals surface area contributed by atoms with E-state index in [1.807, 2.05) is 0 Å². The lowest BCUT2D eigenvalue weighted by molar-refractivity contribution is 0.321. The molecule has 96 valence electrons. The quantitative estimate of drug-likeness (QED) is 0.799. The Morgan fingerprint density at radius 3 is 2.89 bits per heavy atom. The van der Waals surface area contributed by atoms with E-state index >= 15 is 0 Å². The van der Waals surface area contributed by atoms with Crippen LogP contribution in [0.2, 0.25) is 5.28 Å². The van der Waals surface area contributed by atoms with Gasteiger partial charge in [-0.05, 0) is 43.4 Å². The molecule has 1 fully saturated rings. The summed E-state index contributed by atoms with van der Waals surface area (Å²) in [5, 5.41) is 1.48. The zero-order valence-electron chi connectivity index (χ0n) is 10.6. The van der Waals surface area contributed by atoms with Crippen molar-refractivity contribution in [1.82, 2.24) is 9.97 Å². The highest BCUT2D eigenvalue weighted by atomic mass is 35.5. The Morgan fingerprint density at radius 1 is 1.44 bits per heavy atom. The summed E-state index contributed by atoms with van der Waals surface area (Å²) >= 11 is 7.69. The molecule has 3 rings (SSSR count). The average molecular weight is 282 g/mol. The second-order valence-electron chi connectivity index (χ2n) is 5.07. The fraction of sp³-hybridized carbons (Fsp3) is 0.538. The van der Waals surface area contributed by atoms with Gasteiger partial charge in [-0.1, -0.05) is 6.42 Å². The maximum Gasteiger partial charge on any atom is 0.225 e. The van der Waals surface area contributed by atoms with Crippen LogP contribution in [0.15, 0.2) is 6.07 Å². The van der Waals surface area contributed by atoms with Gasteiger partial charge in [-0.3, -0.25) is 0 Å². The molecule has 2 heterocycles. The molecule has 0 unspecified atom stereocenters. The Morgan fingerprint density at radius 2 is 2.22 bits per heavy atom. The van der Waals surface area contributed by atoms with Gasteiger partial charge in [0.25, 0.3) is 0 Å². The number of rotatable bonds is 3. The van der Waals surface area contributed by atoms with E-state index in [2.05, 4.69) is 34.9 Å². The van der Waals surface area contributed by atoms with E-state index in [1.54, 1.807) is 11.3 Å². The van der Waals surface area contributed by atoms with Crippen molar-refractivity contribution < 1.29 is 0 Å². The molecule has 0 spiro atoms. The molecule has 3 nitrogen and oxygen atoms in total. The number of nitrogens with zero attached hydrogens (tertiary/aromatic N) is 3. The summed E-state index contributed by atoms with van der Waals surface area (Å²) in [6.45, 7) is 3.16. The van der Waals surface area contributed by atoms with Crippen LogP contribution in [-0.4, -0.2) is 23.6 Å². The summed E-state index contributed by atoms with van der Waals surface area (Å²) in [6, 6.07) is 2.16. The van der Waals surface area contributed by atoms with Gasteiger partial charge in [0.2, 0.25) is 5.28 Å². The molecule has 2 aromatic heterocycles. The lowest BCUT2D eigenvalue weighted by Crippen LogP contribution is -2.30. The monoisotopic (exact) mass is 281 g/mol. The molecule has 0 N–H and O–H groups in total. The van der Waals surface area contributed by atoms with Crippen molar-refractivity contribution in [1.29, 1.82) is 0 Å². The number of hydrogen-bond acceptors (Lipinski definition) is 4. The highest BCUT2D eigenvalue weighted by Crippen LogP contribution is 2.33. The predicted molar refractivity (Wildman–Crippen MR) is 77.8 cm³/mol.